The van der Waals surface area contributed by atoms with E-state index in [1.54, 1.807) is 0 Å². The maximum Gasteiger partial charge on any atom is 0.222 e. The van der Waals surface area contributed by atoms with Gasteiger partial charge >= 0.3 is 0 Å². The molecule has 23 heavy (non-hydrogen) atoms. The van der Waals surface area contributed by atoms with Crippen molar-refractivity contribution in [2.24, 2.45) is 0 Å². The van der Waals surface area contributed by atoms with Gasteiger partial charge < -0.3 is 10.0 Å². The number of nitrogens with zero attached hydrogens (tertiary/aromatic N) is 2. The van der Waals surface area contributed by atoms with E-state index in [1.165, 1.54) is 12.8 Å². The Hall–Kier alpha value is -1.39. The first-order valence-electron chi connectivity index (χ1n) is 8.95. The lowest BCUT2D eigenvalue weighted by Crippen LogP contribution is -2.61. The first-order chi connectivity index (χ1) is 11.1. The topological polar surface area (TPSA) is 43.8 Å². The lowest BCUT2D eigenvalue weighted by molar-refractivity contribution is -0.143. The molecule has 2 atom stereocenters. The summed E-state index contributed by atoms with van der Waals surface area (Å²) in [5.74, 6) is 0.229. The van der Waals surface area contributed by atoms with Gasteiger partial charge in [0.05, 0.1) is 6.04 Å². The summed E-state index contributed by atoms with van der Waals surface area (Å²) in [6.07, 6.45) is 4.48. The van der Waals surface area contributed by atoms with Crippen LogP contribution < -0.4 is 0 Å². The van der Waals surface area contributed by atoms with Gasteiger partial charge in [-0.15, -0.1) is 0 Å². The number of aliphatic hydroxyl groups is 1. The van der Waals surface area contributed by atoms with E-state index < -0.39 is 5.60 Å². The van der Waals surface area contributed by atoms with Gasteiger partial charge in [-0.25, -0.2) is 0 Å². The molecule has 126 valence electrons. The van der Waals surface area contributed by atoms with Crippen molar-refractivity contribution in [3.63, 3.8) is 0 Å². The molecule has 2 aliphatic heterocycles. The van der Waals surface area contributed by atoms with Gasteiger partial charge in [-0.05, 0) is 44.3 Å². The van der Waals surface area contributed by atoms with Crippen molar-refractivity contribution < 1.29 is 9.90 Å². The van der Waals surface area contributed by atoms with E-state index >= 15 is 0 Å². The largest absolute Gasteiger partial charge is 0.383 e. The predicted octanol–water partition coefficient (Wildman–Crippen LogP) is 2.37. The number of benzene rings is 1. The van der Waals surface area contributed by atoms with Crippen molar-refractivity contribution in [3.05, 3.63) is 35.9 Å². The van der Waals surface area contributed by atoms with E-state index in [0.29, 0.717) is 25.9 Å². The zero-order valence-corrected chi connectivity index (χ0v) is 14.1. The molecule has 0 radical (unpaired) electrons. The maximum absolute atomic E-state index is 12.3. The molecular weight excluding hydrogens is 288 g/mol. The minimum atomic E-state index is -0.853. The van der Waals surface area contributed by atoms with Crippen molar-refractivity contribution in [2.45, 2.75) is 50.7 Å². The Morgan fingerprint density at radius 2 is 1.91 bits per heavy atom. The third-order valence-corrected chi connectivity index (χ3v) is 5.38. The van der Waals surface area contributed by atoms with Crippen LogP contribution in [0.15, 0.2) is 30.3 Å². The van der Waals surface area contributed by atoms with Crippen molar-refractivity contribution >= 4 is 5.91 Å². The highest BCUT2D eigenvalue weighted by Gasteiger charge is 2.46. The van der Waals surface area contributed by atoms with Crippen LogP contribution in [0.3, 0.4) is 0 Å². The molecule has 0 spiro atoms. The molecule has 4 heteroatoms. The molecule has 2 aliphatic rings. The van der Waals surface area contributed by atoms with Gasteiger partial charge in [0.15, 0.2) is 0 Å². The molecule has 2 heterocycles. The van der Waals surface area contributed by atoms with Crippen LogP contribution in [0.1, 0.15) is 44.6 Å². The highest BCUT2D eigenvalue weighted by atomic mass is 16.3. The van der Waals surface area contributed by atoms with E-state index in [0.717, 1.165) is 25.1 Å². The van der Waals surface area contributed by atoms with Gasteiger partial charge in [-0.1, -0.05) is 37.3 Å². The highest BCUT2D eigenvalue weighted by molar-refractivity contribution is 5.76. The molecule has 2 saturated heterocycles. The Morgan fingerprint density at radius 3 is 2.57 bits per heavy atom. The zero-order chi connectivity index (χ0) is 16.3. The standard InChI is InChI=1S/C19H28N2O2/c1-2-8-18(22)21-14-11-19(23,16-9-4-3-5-10-16)17(15-21)20-12-6-7-13-20/h3-5,9-10,17,23H,2,6-8,11-15H2,1H3. The second-order valence-corrected chi connectivity index (χ2v) is 6.89. The number of piperidine rings is 1. The average Bonchev–Trinajstić information content (AvgIpc) is 3.10. The zero-order valence-electron chi connectivity index (χ0n) is 14.1. The summed E-state index contributed by atoms with van der Waals surface area (Å²) >= 11 is 0. The van der Waals surface area contributed by atoms with E-state index in [1.807, 2.05) is 42.2 Å². The van der Waals surface area contributed by atoms with E-state index in [9.17, 15) is 9.90 Å². The third-order valence-electron chi connectivity index (χ3n) is 5.38. The van der Waals surface area contributed by atoms with E-state index in [-0.39, 0.29) is 11.9 Å². The van der Waals surface area contributed by atoms with Crippen molar-refractivity contribution in [3.8, 4) is 0 Å². The number of carbonyl (C=O) groups is 1. The predicted molar refractivity (Wildman–Crippen MR) is 91.0 cm³/mol. The first kappa shape index (κ1) is 16.5. The van der Waals surface area contributed by atoms with Gasteiger partial charge in [0.1, 0.15) is 5.60 Å². The quantitative estimate of drug-likeness (QED) is 0.927. The normalized spacial score (nSPS) is 29.0. The molecular formula is C19H28N2O2. The van der Waals surface area contributed by atoms with Gasteiger partial charge in [0.25, 0.3) is 0 Å². The molecule has 0 aromatic heterocycles. The number of amides is 1. The molecule has 2 unspecified atom stereocenters. The Labute approximate surface area is 139 Å². The molecule has 2 fully saturated rings. The number of rotatable bonds is 4. The summed E-state index contributed by atoms with van der Waals surface area (Å²) in [5.41, 5.74) is 0.133. The summed E-state index contributed by atoms with van der Waals surface area (Å²) in [5, 5.41) is 11.5. The fourth-order valence-corrected chi connectivity index (χ4v) is 4.06. The summed E-state index contributed by atoms with van der Waals surface area (Å²) < 4.78 is 0. The Kier molecular flexibility index (Phi) is 5.02. The van der Waals surface area contributed by atoms with Crippen LogP contribution in [-0.4, -0.2) is 53.0 Å². The lowest BCUT2D eigenvalue weighted by atomic mass is 9.79. The molecule has 1 aromatic carbocycles. The Balaban J connectivity index is 1.86. The van der Waals surface area contributed by atoms with Crippen molar-refractivity contribution in [1.82, 2.24) is 9.80 Å². The molecule has 0 bridgehead atoms. The van der Waals surface area contributed by atoms with E-state index in [4.69, 9.17) is 0 Å². The highest BCUT2D eigenvalue weighted by Crippen LogP contribution is 2.37. The molecule has 3 rings (SSSR count). The summed E-state index contributed by atoms with van der Waals surface area (Å²) in [6, 6.07) is 10.0. The number of hydrogen-bond donors (Lipinski definition) is 1. The molecule has 1 amide bonds. The number of carbonyl (C=O) groups excluding carboxylic acids is 1. The number of likely N-dealkylation sites (tertiary alicyclic amines) is 2. The monoisotopic (exact) mass is 316 g/mol. The average molecular weight is 316 g/mol. The minimum absolute atomic E-state index is 0.00181. The van der Waals surface area contributed by atoms with Crippen LogP contribution in [0.25, 0.3) is 0 Å². The minimum Gasteiger partial charge on any atom is -0.383 e. The first-order valence-corrected chi connectivity index (χ1v) is 8.95. The molecule has 4 nitrogen and oxygen atoms in total. The van der Waals surface area contributed by atoms with Crippen LogP contribution >= 0.6 is 0 Å². The second-order valence-electron chi connectivity index (χ2n) is 6.89. The summed E-state index contributed by atoms with van der Waals surface area (Å²) in [7, 11) is 0. The van der Waals surface area contributed by atoms with E-state index in [2.05, 4.69) is 4.90 Å². The van der Waals surface area contributed by atoms with Crippen molar-refractivity contribution in [1.29, 1.82) is 0 Å². The number of hydrogen-bond acceptors (Lipinski definition) is 3. The Bertz CT molecular complexity index is 527. The summed E-state index contributed by atoms with van der Waals surface area (Å²) in [6.45, 7) is 5.38. The van der Waals surface area contributed by atoms with Gasteiger partial charge in [-0.3, -0.25) is 9.69 Å². The molecule has 0 saturated carbocycles. The van der Waals surface area contributed by atoms with Crippen LogP contribution in [0, 0.1) is 0 Å². The van der Waals surface area contributed by atoms with Gasteiger partial charge in [0, 0.05) is 19.5 Å². The fourth-order valence-electron chi connectivity index (χ4n) is 4.06. The molecule has 1 aromatic rings. The van der Waals surface area contributed by atoms with Crippen LogP contribution in [0.5, 0.6) is 0 Å². The van der Waals surface area contributed by atoms with Crippen LogP contribution in [-0.2, 0) is 10.4 Å². The Morgan fingerprint density at radius 1 is 1.22 bits per heavy atom. The molecule has 1 N–H and O–H groups in total. The second kappa shape index (κ2) is 7.02. The SMILES string of the molecule is CCCC(=O)N1CCC(O)(c2ccccc2)C(N2CCCC2)C1. The van der Waals surface area contributed by atoms with Gasteiger partial charge in [0.2, 0.25) is 5.91 Å². The van der Waals surface area contributed by atoms with Crippen molar-refractivity contribution in [2.75, 3.05) is 26.2 Å². The van der Waals surface area contributed by atoms with Crippen LogP contribution in [0.4, 0.5) is 0 Å². The summed E-state index contributed by atoms with van der Waals surface area (Å²) in [4.78, 5) is 16.7. The molecule has 0 aliphatic carbocycles. The third kappa shape index (κ3) is 3.29. The fraction of sp³-hybridized carbons (Fsp3) is 0.632. The maximum atomic E-state index is 12.3. The smallest absolute Gasteiger partial charge is 0.222 e. The van der Waals surface area contributed by atoms with Crippen LogP contribution in [0.2, 0.25) is 0 Å². The van der Waals surface area contributed by atoms with Gasteiger partial charge in [-0.2, -0.15) is 0 Å². The lowest BCUT2D eigenvalue weighted by Gasteiger charge is -2.48.